The Balaban J connectivity index is 1.60. The van der Waals surface area contributed by atoms with Crippen molar-refractivity contribution in [1.29, 1.82) is 0 Å². The number of carbonyl (C=O) groups is 1. The van der Waals surface area contributed by atoms with Crippen LogP contribution in [0.25, 0.3) is 0 Å². The Kier molecular flexibility index (Phi) is 5.19. The molecule has 3 rings (SSSR count). The van der Waals surface area contributed by atoms with Crippen molar-refractivity contribution in [3.63, 3.8) is 0 Å². The molecule has 2 aromatic heterocycles. The molecular formula is C17H23N5O2S. The molecule has 1 aliphatic rings. The van der Waals surface area contributed by atoms with E-state index in [1.165, 1.54) is 6.07 Å². The number of carbonyl (C=O) groups excluding carboxylic acids is 1. The van der Waals surface area contributed by atoms with Crippen LogP contribution in [-0.2, 0) is 11.3 Å². The number of aromatic nitrogens is 2. The predicted octanol–water partition coefficient (Wildman–Crippen LogP) is 1.25. The number of H-pyrrole nitrogens is 1. The molecule has 0 radical (unpaired) electrons. The summed E-state index contributed by atoms with van der Waals surface area (Å²) in [4.78, 5) is 36.0. The summed E-state index contributed by atoms with van der Waals surface area (Å²) in [7, 11) is 1.99. The molecule has 3 N–H and O–H groups in total. The number of thiophene rings is 1. The van der Waals surface area contributed by atoms with Crippen LogP contribution in [0, 0.1) is 0 Å². The summed E-state index contributed by atoms with van der Waals surface area (Å²) >= 11 is 1.62. The van der Waals surface area contributed by atoms with Crippen LogP contribution in [0.3, 0.4) is 0 Å². The van der Waals surface area contributed by atoms with E-state index in [2.05, 4.69) is 14.9 Å². The number of aromatic amines is 1. The third-order valence-electron chi connectivity index (χ3n) is 4.66. The summed E-state index contributed by atoms with van der Waals surface area (Å²) in [5.41, 5.74) is 5.99. The second kappa shape index (κ2) is 7.37. The molecule has 0 aliphatic carbocycles. The van der Waals surface area contributed by atoms with Crippen molar-refractivity contribution in [3.8, 4) is 0 Å². The predicted molar refractivity (Wildman–Crippen MR) is 98.5 cm³/mol. The minimum atomic E-state index is -0.246. The molecule has 0 aromatic carbocycles. The molecule has 134 valence electrons. The zero-order chi connectivity index (χ0) is 18.0. The summed E-state index contributed by atoms with van der Waals surface area (Å²) in [5.74, 6) is 0.207. The van der Waals surface area contributed by atoms with Crippen molar-refractivity contribution < 1.29 is 4.79 Å². The third kappa shape index (κ3) is 4.08. The molecular weight excluding hydrogens is 338 g/mol. The molecule has 1 amide bonds. The molecule has 1 fully saturated rings. The lowest BCUT2D eigenvalue weighted by atomic mass is 10.1. The highest BCUT2D eigenvalue weighted by molar-refractivity contribution is 7.10. The van der Waals surface area contributed by atoms with E-state index in [0.29, 0.717) is 18.8 Å². The summed E-state index contributed by atoms with van der Waals surface area (Å²) in [6, 6.07) is 5.70. The quantitative estimate of drug-likeness (QED) is 0.836. The van der Waals surface area contributed by atoms with Crippen molar-refractivity contribution >= 4 is 23.2 Å². The monoisotopic (exact) mass is 361 g/mol. The summed E-state index contributed by atoms with van der Waals surface area (Å²) in [6.45, 7) is 3.95. The van der Waals surface area contributed by atoms with Crippen molar-refractivity contribution in [3.05, 3.63) is 44.5 Å². The number of hydrogen-bond acceptors (Lipinski definition) is 6. The number of rotatable bonds is 5. The summed E-state index contributed by atoms with van der Waals surface area (Å²) in [5, 5.41) is 2.00. The molecule has 3 heterocycles. The van der Waals surface area contributed by atoms with Gasteiger partial charge in [-0.3, -0.25) is 19.5 Å². The largest absolute Gasteiger partial charge is 0.369 e. The number of nitrogens with zero attached hydrogens (tertiary/aromatic N) is 3. The SMILES string of the molecule is C[C@H](C(=O)N1CC[C@H](N(C)Cc2cc(=O)[nH]c(N)n2)C1)c1cccs1. The van der Waals surface area contributed by atoms with E-state index in [4.69, 9.17) is 5.73 Å². The van der Waals surface area contributed by atoms with E-state index in [-0.39, 0.29) is 29.4 Å². The lowest BCUT2D eigenvalue weighted by Crippen LogP contribution is -2.37. The standard InChI is InChI=1S/C17H23N5O2S/c1-11(14-4-3-7-25-14)16(24)22-6-5-13(10-22)21(2)9-12-8-15(23)20-17(18)19-12/h3-4,7-8,11,13H,5-6,9-10H2,1-2H3,(H3,18,19,20,23)/t11-,13-/m0/s1. The van der Waals surface area contributed by atoms with Crippen molar-refractivity contribution in [2.75, 3.05) is 25.9 Å². The number of nitrogens with two attached hydrogens (primary N) is 1. The van der Waals surface area contributed by atoms with Gasteiger partial charge in [-0.15, -0.1) is 11.3 Å². The fraction of sp³-hybridized carbons (Fsp3) is 0.471. The lowest BCUT2D eigenvalue weighted by molar-refractivity contribution is -0.131. The van der Waals surface area contributed by atoms with Crippen molar-refractivity contribution in [2.45, 2.75) is 31.8 Å². The van der Waals surface area contributed by atoms with Gasteiger partial charge in [0.15, 0.2) is 0 Å². The van der Waals surface area contributed by atoms with Crippen LogP contribution >= 0.6 is 11.3 Å². The lowest BCUT2D eigenvalue weighted by Gasteiger charge is -2.25. The van der Waals surface area contributed by atoms with E-state index in [9.17, 15) is 9.59 Å². The molecule has 8 heteroatoms. The smallest absolute Gasteiger partial charge is 0.252 e. The number of amides is 1. The highest BCUT2D eigenvalue weighted by atomic mass is 32.1. The molecule has 0 bridgehead atoms. The van der Waals surface area contributed by atoms with Crippen molar-refractivity contribution in [1.82, 2.24) is 19.8 Å². The Morgan fingerprint density at radius 2 is 2.40 bits per heavy atom. The minimum Gasteiger partial charge on any atom is -0.369 e. The normalized spacial score (nSPS) is 18.7. The summed E-state index contributed by atoms with van der Waals surface area (Å²) < 4.78 is 0. The molecule has 0 saturated carbocycles. The van der Waals surface area contributed by atoms with E-state index in [0.717, 1.165) is 17.8 Å². The van der Waals surface area contributed by atoms with Gasteiger partial charge in [0.1, 0.15) is 0 Å². The third-order valence-corrected chi connectivity index (χ3v) is 5.72. The van der Waals surface area contributed by atoms with Gasteiger partial charge in [-0.25, -0.2) is 4.98 Å². The Morgan fingerprint density at radius 3 is 3.08 bits per heavy atom. The van der Waals surface area contributed by atoms with Gasteiger partial charge in [0, 0.05) is 36.6 Å². The zero-order valence-corrected chi connectivity index (χ0v) is 15.3. The van der Waals surface area contributed by atoms with Gasteiger partial charge in [0.2, 0.25) is 11.9 Å². The average molecular weight is 361 g/mol. The van der Waals surface area contributed by atoms with Crippen molar-refractivity contribution in [2.24, 2.45) is 0 Å². The number of nitrogens with one attached hydrogen (secondary N) is 1. The second-order valence-electron chi connectivity index (χ2n) is 6.50. The maximum atomic E-state index is 12.7. The fourth-order valence-corrected chi connectivity index (χ4v) is 4.01. The van der Waals surface area contributed by atoms with Crippen LogP contribution in [-0.4, -0.2) is 51.9 Å². The molecule has 0 unspecified atom stereocenters. The first-order chi connectivity index (χ1) is 11.9. The van der Waals surface area contributed by atoms with Gasteiger partial charge in [0.25, 0.3) is 5.56 Å². The van der Waals surface area contributed by atoms with Gasteiger partial charge in [0.05, 0.1) is 11.6 Å². The Hall–Kier alpha value is -2.19. The van der Waals surface area contributed by atoms with Crippen LogP contribution < -0.4 is 11.3 Å². The van der Waals surface area contributed by atoms with Gasteiger partial charge < -0.3 is 10.6 Å². The van der Waals surface area contributed by atoms with Gasteiger partial charge >= 0.3 is 0 Å². The molecule has 2 atom stereocenters. The maximum Gasteiger partial charge on any atom is 0.252 e. The Bertz CT molecular complexity index is 789. The first-order valence-corrected chi connectivity index (χ1v) is 9.20. The Labute approximate surface area is 150 Å². The van der Waals surface area contributed by atoms with E-state index >= 15 is 0 Å². The van der Waals surface area contributed by atoms with Crippen LogP contribution in [0.4, 0.5) is 5.95 Å². The minimum absolute atomic E-state index is 0.0989. The van der Waals surface area contributed by atoms with Crippen LogP contribution in [0.5, 0.6) is 0 Å². The zero-order valence-electron chi connectivity index (χ0n) is 14.4. The number of likely N-dealkylation sites (N-methyl/N-ethyl adjacent to an activating group) is 1. The van der Waals surface area contributed by atoms with Crippen LogP contribution in [0.1, 0.15) is 29.8 Å². The van der Waals surface area contributed by atoms with E-state index in [1.54, 1.807) is 11.3 Å². The van der Waals surface area contributed by atoms with Crippen LogP contribution in [0.15, 0.2) is 28.4 Å². The van der Waals surface area contributed by atoms with Gasteiger partial charge in [-0.05, 0) is 31.8 Å². The number of likely N-dealkylation sites (tertiary alicyclic amines) is 1. The molecule has 1 saturated heterocycles. The van der Waals surface area contributed by atoms with Gasteiger partial charge in [-0.1, -0.05) is 6.07 Å². The molecule has 25 heavy (non-hydrogen) atoms. The number of nitrogen functional groups attached to an aromatic ring is 1. The molecule has 2 aromatic rings. The first kappa shape index (κ1) is 17.6. The average Bonchev–Trinajstić information content (AvgIpc) is 3.24. The topological polar surface area (TPSA) is 95.3 Å². The molecule has 7 nitrogen and oxygen atoms in total. The van der Waals surface area contributed by atoms with Crippen LogP contribution in [0.2, 0.25) is 0 Å². The van der Waals surface area contributed by atoms with E-state index < -0.39 is 0 Å². The first-order valence-electron chi connectivity index (χ1n) is 8.32. The second-order valence-corrected chi connectivity index (χ2v) is 7.48. The number of hydrogen-bond donors (Lipinski definition) is 2. The van der Waals surface area contributed by atoms with E-state index in [1.807, 2.05) is 36.4 Å². The molecule has 1 aliphatic heterocycles. The number of anilines is 1. The highest BCUT2D eigenvalue weighted by Gasteiger charge is 2.31. The highest BCUT2D eigenvalue weighted by Crippen LogP contribution is 2.25. The van der Waals surface area contributed by atoms with Gasteiger partial charge in [-0.2, -0.15) is 0 Å². The fourth-order valence-electron chi connectivity index (χ4n) is 3.23. The molecule has 0 spiro atoms. The Morgan fingerprint density at radius 1 is 1.60 bits per heavy atom. The maximum absolute atomic E-state index is 12.7. The summed E-state index contributed by atoms with van der Waals surface area (Å²) in [6.07, 6.45) is 0.915.